The number of benzene rings is 1. The molecule has 26 heavy (non-hydrogen) atoms. The van der Waals surface area contributed by atoms with Crippen molar-refractivity contribution >= 4 is 13.4 Å². The van der Waals surface area contributed by atoms with Gasteiger partial charge in [0.15, 0.2) is 0 Å². The SMILES string of the molecule is COP(=O)(CC(=O)CCc1cc(C(C)(C)C)c(O)c2c1CCCC2)OC. The number of hydrogen-bond donors (Lipinski definition) is 1. The first-order valence-corrected chi connectivity index (χ1v) is 10.9. The molecule has 1 N–H and O–H groups in total. The van der Waals surface area contributed by atoms with Gasteiger partial charge >= 0.3 is 7.60 Å². The second-order valence-corrected chi connectivity index (χ2v) is 10.3. The topological polar surface area (TPSA) is 72.8 Å². The average Bonchev–Trinajstić information content (AvgIpc) is 2.60. The van der Waals surface area contributed by atoms with Gasteiger partial charge in [0, 0.05) is 20.6 Å². The third-order valence-corrected chi connectivity index (χ3v) is 6.98. The number of hydrogen-bond acceptors (Lipinski definition) is 5. The summed E-state index contributed by atoms with van der Waals surface area (Å²) in [6.07, 6.45) is 4.67. The van der Waals surface area contributed by atoms with Gasteiger partial charge in [-0.25, -0.2) is 0 Å². The molecule has 6 heteroatoms. The molecule has 0 amide bonds. The van der Waals surface area contributed by atoms with Gasteiger partial charge in [-0.2, -0.15) is 0 Å². The fourth-order valence-corrected chi connectivity index (χ4v) is 4.58. The van der Waals surface area contributed by atoms with Crippen LogP contribution in [0.2, 0.25) is 0 Å². The summed E-state index contributed by atoms with van der Waals surface area (Å²) >= 11 is 0. The molecule has 1 aromatic carbocycles. The molecule has 146 valence electrons. The summed E-state index contributed by atoms with van der Waals surface area (Å²) in [4.78, 5) is 12.3. The van der Waals surface area contributed by atoms with E-state index in [1.807, 2.05) is 0 Å². The second-order valence-electron chi connectivity index (χ2n) is 8.02. The molecule has 1 aromatic rings. The Hall–Kier alpha value is -1.16. The molecule has 2 rings (SSSR count). The van der Waals surface area contributed by atoms with Gasteiger partial charge in [-0.1, -0.05) is 26.8 Å². The highest BCUT2D eigenvalue weighted by Crippen LogP contribution is 2.46. The Morgan fingerprint density at radius 2 is 1.73 bits per heavy atom. The van der Waals surface area contributed by atoms with E-state index >= 15 is 0 Å². The van der Waals surface area contributed by atoms with Gasteiger partial charge in [0.1, 0.15) is 17.7 Å². The van der Waals surface area contributed by atoms with Crippen molar-refractivity contribution < 1.29 is 23.5 Å². The van der Waals surface area contributed by atoms with Crippen LogP contribution < -0.4 is 0 Å². The molecule has 0 fully saturated rings. The lowest BCUT2D eigenvalue weighted by Gasteiger charge is -2.28. The van der Waals surface area contributed by atoms with Crippen LogP contribution in [0.25, 0.3) is 0 Å². The molecule has 0 heterocycles. The van der Waals surface area contributed by atoms with E-state index in [0.29, 0.717) is 12.2 Å². The van der Waals surface area contributed by atoms with Crippen molar-refractivity contribution in [3.63, 3.8) is 0 Å². The molecular formula is C20H31O5P. The Kier molecular flexibility index (Phi) is 6.70. The number of aromatic hydroxyl groups is 1. The molecule has 1 aliphatic carbocycles. The minimum atomic E-state index is -3.31. The Labute approximate surface area is 156 Å². The summed E-state index contributed by atoms with van der Waals surface area (Å²) in [7, 11) is -0.725. The zero-order valence-electron chi connectivity index (χ0n) is 16.6. The largest absolute Gasteiger partial charge is 0.507 e. The predicted molar refractivity (Wildman–Crippen MR) is 103 cm³/mol. The van der Waals surface area contributed by atoms with Gasteiger partial charge < -0.3 is 14.2 Å². The van der Waals surface area contributed by atoms with Crippen LogP contribution in [-0.4, -0.2) is 31.3 Å². The minimum Gasteiger partial charge on any atom is -0.507 e. The smallest absolute Gasteiger partial charge is 0.337 e. The molecule has 5 nitrogen and oxygen atoms in total. The van der Waals surface area contributed by atoms with Gasteiger partial charge in [-0.3, -0.25) is 9.36 Å². The number of carbonyl (C=O) groups is 1. The number of carbonyl (C=O) groups excluding carboxylic acids is 1. The number of phenolic OH excluding ortho intramolecular Hbond substituents is 1. The van der Waals surface area contributed by atoms with E-state index in [-0.39, 0.29) is 23.8 Å². The van der Waals surface area contributed by atoms with Gasteiger partial charge in [-0.05, 0) is 59.8 Å². The van der Waals surface area contributed by atoms with E-state index in [4.69, 9.17) is 9.05 Å². The molecule has 0 unspecified atom stereocenters. The van der Waals surface area contributed by atoms with Crippen LogP contribution in [0.5, 0.6) is 5.75 Å². The number of ketones is 1. The molecule has 0 spiro atoms. The lowest BCUT2D eigenvalue weighted by molar-refractivity contribution is -0.116. The third kappa shape index (κ3) is 4.76. The molecule has 0 bridgehead atoms. The van der Waals surface area contributed by atoms with Gasteiger partial charge in [0.25, 0.3) is 0 Å². The highest BCUT2D eigenvalue weighted by atomic mass is 31.2. The monoisotopic (exact) mass is 382 g/mol. The van der Waals surface area contributed by atoms with Crippen LogP contribution in [0.1, 0.15) is 62.3 Å². The molecule has 0 radical (unpaired) electrons. The maximum Gasteiger partial charge on any atom is 0.337 e. The summed E-state index contributed by atoms with van der Waals surface area (Å²) in [6.45, 7) is 6.25. The highest BCUT2D eigenvalue weighted by molar-refractivity contribution is 7.54. The van der Waals surface area contributed by atoms with E-state index in [2.05, 4.69) is 26.8 Å². The fourth-order valence-electron chi connectivity index (χ4n) is 3.58. The van der Waals surface area contributed by atoms with Crippen molar-refractivity contribution in [3.8, 4) is 5.75 Å². The van der Waals surface area contributed by atoms with Crippen molar-refractivity contribution in [2.75, 3.05) is 20.4 Å². The van der Waals surface area contributed by atoms with Gasteiger partial charge in [-0.15, -0.1) is 0 Å². The normalized spacial score (nSPS) is 15.0. The standard InChI is InChI=1S/C20H31O5P/c1-20(2,3)18-12-14(16-8-6-7-9-17(16)19(18)22)10-11-15(21)13-26(23,24-4)25-5/h12,22H,6-11,13H2,1-5H3. The Morgan fingerprint density at radius 3 is 2.27 bits per heavy atom. The van der Waals surface area contributed by atoms with E-state index in [9.17, 15) is 14.5 Å². The summed E-state index contributed by atoms with van der Waals surface area (Å²) in [6, 6.07) is 2.05. The van der Waals surface area contributed by atoms with Gasteiger partial charge in [0.2, 0.25) is 0 Å². The quantitative estimate of drug-likeness (QED) is 0.700. The van der Waals surface area contributed by atoms with E-state index in [1.165, 1.54) is 19.8 Å². The van der Waals surface area contributed by atoms with Crippen molar-refractivity contribution in [2.45, 2.75) is 64.7 Å². The number of Topliss-reactive ketones (excluding diaryl/α,β-unsaturated/α-hetero) is 1. The first-order chi connectivity index (χ1) is 12.1. The van der Waals surface area contributed by atoms with E-state index in [1.54, 1.807) is 0 Å². The van der Waals surface area contributed by atoms with Crippen LogP contribution in [0.3, 0.4) is 0 Å². The number of phenols is 1. The van der Waals surface area contributed by atoms with Crippen LogP contribution in [0.15, 0.2) is 6.07 Å². The number of rotatable bonds is 7. The summed E-state index contributed by atoms with van der Waals surface area (Å²) in [5.41, 5.74) is 4.12. The second kappa shape index (κ2) is 8.24. The molecule has 0 aromatic heterocycles. The maximum atomic E-state index is 12.3. The van der Waals surface area contributed by atoms with Crippen LogP contribution in [-0.2, 0) is 43.1 Å². The molecular weight excluding hydrogens is 351 g/mol. The summed E-state index contributed by atoms with van der Waals surface area (Å²) in [5.74, 6) is 0.289. The molecule has 0 saturated carbocycles. The summed E-state index contributed by atoms with van der Waals surface area (Å²) in [5, 5.41) is 10.8. The Balaban J connectivity index is 2.26. The predicted octanol–water partition coefficient (Wildman–Crippen LogP) is 4.56. The Bertz CT molecular complexity index is 710. The number of aryl methyl sites for hydroxylation is 1. The third-order valence-electron chi connectivity index (χ3n) is 5.12. The first kappa shape index (κ1) is 21.1. The van der Waals surface area contributed by atoms with Crippen molar-refractivity contribution in [2.24, 2.45) is 0 Å². The average molecular weight is 382 g/mol. The van der Waals surface area contributed by atoms with Crippen LogP contribution >= 0.6 is 7.60 Å². The van der Waals surface area contributed by atoms with Gasteiger partial charge in [0.05, 0.1) is 0 Å². The van der Waals surface area contributed by atoms with E-state index in [0.717, 1.165) is 42.4 Å². The minimum absolute atomic E-state index is 0.132. The zero-order chi connectivity index (χ0) is 19.5. The lowest BCUT2D eigenvalue weighted by atomic mass is 9.78. The van der Waals surface area contributed by atoms with Crippen LogP contribution in [0, 0.1) is 0 Å². The molecule has 0 aliphatic heterocycles. The first-order valence-electron chi connectivity index (χ1n) is 9.20. The molecule has 0 atom stereocenters. The fraction of sp³-hybridized carbons (Fsp3) is 0.650. The maximum absolute atomic E-state index is 12.3. The Morgan fingerprint density at radius 1 is 1.15 bits per heavy atom. The summed E-state index contributed by atoms with van der Waals surface area (Å²) < 4.78 is 21.9. The van der Waals surface area contributed by atoms with Crippen molar-refractivity contribution in [1.82, 2.24) is 0 Å². The zero-order valence-corrected chi connectivity index (χ0v) is 17.4. The lowest BCUT2D eigenvalue weighted by Crippen LogP contribution is -2.17. The molecule has 0 saturated heterocycles. The molecule has 1 aliphatic rings. The van der Waals surface area contributed by atoms with Crippen LogP contribution in [0.4, 0.5) is 0 Å². The number of fused-ring (bicyclic) bond motifs is 1. The highest BCUT2D eigenvalue weighted by Gasteiger charge is 2.28. The van der Waals surface area contributed by atoms with E-state index < -0.39 is 7.60 Å². The van der Waals surface area contributed by atoms with Crippen molar-refractivity contribution in [3.05, 3.63) is 28.3 Å². The van der Waals surface area contributed by atoms with Crippen molar-refractivity contribution in [1.29, 1.82) is 0 Å².